The molecule has 0 bridgehead atoms. The van der Waals surface area contributed by atoms with Crippen LogP contribution in [0.3, 0.4) is 0 Å². The second-order valence-electron chi connectivity index (χ2n) is 7.94. The Morgan fingerprint density at radius 2 is 1.69 bits per heavy atom. The zero-order chi connectivity index (χ0) is 25.4. The van der Waals surface area contributed by atoms with Gasteiger partial charge in [0.25, 0.3) is 0 Å². The molecular weight excluding hydrogens is 500 g/mol. The fourth-order valence-corrected chi connectivity index (χ4v) is 5.38. The Kier molecular flexibility index (Phi) is 6.15. The Bertz CT molecular complexity index is 1790. The summed E-state index contributed by atoms with van der Waals surface area (Å²) in [6, 6.07) is 17.7. The molecule has 5 rings (SSSR count). The molecule has 0 aliphatic heterocycles. The molecule has 0 fully saturated rings. The molecule has 5 aromatic rings. The van der Waals surface area contributed by atoms with Gasteiger partial charge in [-0.15, -0.1) is 0 Å². The van der Waals surface area contributed by atoms with Crippen molar-refractivity contribution in [3.8, 4) is 28.6 Å². The number of nitrogens with zero attached hydrogens (tertiary/aromatic N) is 2. The van der Waals surface area contributed by atoms with Crippen molar-refractivity contribution in [2.24, 2.45) is 4.99 Å². The van der Waals surface area contributed by atoms with E-state index in [0.717, 1.165) is 15.6 Å². The van der Waals surface area contributed by atoms with Crippen molar-refractivity contribution in [1.29, 1.82) is 0 Å². The van der Waals surface area contributed by atoms with E-state index >= 15 is 0 Å². The number of rotatable bonds is 6. The van der Waals surface area contributed by atoms with Crippen molar-refractivity contribution in [3.63, 3.8) is 0 Å². The predicted octanol–water partition coefficient (Wildman–Crippen LogP) is 5.37. The maximum atomic E-state index is 12.0. The number of aromatic nitrogens is 1. The average Bonchev–Trinajstić information content (AvgIpc) is 3.29. The van der Waals surface area contributed by atoms with E-state index in [0.29, 0.717) is 44.6 Å². The number of thiazole rings is 1. The number of fused-ring (bicyclic) bond motifs is 2. The molecule has 0 N–H and O–H groups in total. The average molecular weight is 523 g/mol. The van der Waals surface area contributed by atoms with Crippen molar-refractivity contribution in [2.75, 3.05) is 27.6 Å². The minimum atomic E-state index is -3.32. The Morgan fingerprint density at radius 3 is 2.42 bits per heavy atom. The molecule has 10 heteroatoms. The zero-order valence-corrected chi connectivity index (χ0v) is 21.6. The quantitative estimate of drug-likeness (QED) is 0.295. The van der Waals surface area contributed by atoms with Crippen LogP contribution < -0.4 is 19.6 Å². The highest BCUT2D eigenvalue weighted by Crippen LogP contribution is 2.34. The van der Waals surface area contributed by atoms with Crippen LogP contribution in [-0.4, -0.2) is 41.0 Å². The van der Waals surface area contributed by atoms with Crippen LogP contribution in [0.5, 0.6) is 17.2 Å². The van der Waals surface area contributed by atoms with Gasteiger partial charge in [-0.1, -0.05) is 11.3 Å². The number of methoxy groups -OCH3 is 3. The van der Waals surface area contributed by atoms with Gasteiger partial charge in [-0.05, 0) is 54.6 Å². The number of benzene rings is 3. The maximum Gasteiger partial charge on any atom is 0.210 e. The lowest BCUT2D eigenvalue weighted by atomic mass is 10.1. The number of ether oxygens (including phenoxy) is 3. The second kappa shape index (κ2) is 9.29. The highest BCUT2D eigenvalue weighted by atomic mass is 32.2. The molecule has 2 heterocycles. The van der Waals surface area contributed by atoms with E-state index in [9.17, 15) is 8.42 Å². The third kappa shape index (κ3) is 4.52. The minimum Gasteiger partial charge on any atom is -0.497 e. The fourth-order valence-electron chi connectivity index (χ4n) is 3.77. The summed E-state index contributed by atoms with van der Waals surface area (Å²) in [6.45, 7) is 0. The lowest BCUT2D eigenvalue weighted by molar-refractivity contribution is 0.355. The Labute approximate surface area is 211 Å². The van der Waals surface area contributed by atoms with Crippen molar-refractivity contribution in [1.82, 2.24) is 4.98 Å². The molecule has 36 heavy (non-hydrogen) atoms. The van der Waals surface area contributed by atoms with Crippen molar-refractivity contribution in [3.05, 3.63) is 66.0 Å². The molecule has 0 amide bonds. The van der Waals surface area contributed by atoms with Crippen LogP contribution in [0.4, 0.5) is 5.13 Å². The monoisotopic (exact) mass is 522 g/mol. The summed E-state index contributed by atoms with van der Waals surface area (Å²) < 4.78 is 47.1. The van der Waals surface area contributed by atoms with E-state index in [1.807, 2.05) is 42.5 Å². The fraction of sp³-hybridized carbons (Fsp3) is 0.154. The summed E-state index contributed by atoms with van der Waals surface area (Å²) >= 11 is 1.31. The van der Waals surface area contributed by atoms with E-state index in [1.54, 1.807) is 39.5 Å². The van der Waals surface area contributed by atoms with Gasteiger partial charge < -0.3 is 18.6 Å². The molecular formula is C26H22N2O6S2. The molecule has 0 aliphatic carbocycles. The molecule has 0 spiro atoms. The van der Waals surface area contributed by atoms with E-state index < -0.39 is 9.84 Å². The molecule has 3 aromatic carbocycles. The van der Waals surface area contributed by atoms with Crippen LogP contribution in [0, 0.1) is 0 Å². The third-order valence-electron chi connectivity index (χ3n) is 5.61. The Hall–Kier alpha value is -3.89. The summed E-state index contributed by atoms with van der Waals surface area (Å²) in [4.78, 5) is 9.66. The summed E-state index contributed by atoms with van der Waals surface area (Å²) in [5, 5.41) is 1.86. The zero-order valence-electron chi connectivity index (χ0n) is 19.9. The van der Waals surface area contributed by atoms with Gasteiger partial charge in [0.1, 0.15) is 17.1 Å². The summed E-state index contributed by atoms with van der Waals surface area (Å²) in [7, 11) is 1.43. The van der Waals surface area contributed by atoms with Gasteiger partial charge in [-0.25, -0.2) is 18.4 Å². The lowest BCUT2D eigenvalue weighted by Crippen LogP contribution is -2.03. The second-order valence-corrected chi connectivity index (χ2v) is 11.0. The largest absolute Gasteiger partial charge is 0.497 e. The minimum absolute atomic E-state index is 0.245. The summed E-state index contributed by atoms with van der Waals surface area (Å²) in [6.07, 6.45) is 1.18. The van der Waals surface area contributed by atoms with Crippen molar-refractivity contribution < 1.29 is 27.0 Å². The standard InChI is InChI=1S/C26H22N2O6S2/c1-31-16-6-10-21-18(12-16)20(14-23(34-21)15-5-9-22(32-2)24(11-15)33-3)28-26-27-19-8-7-17(36(4,29)30)13-25(19)35-26/h5-14H,1-4H3/b28-20+. The molecule has 2 aromatic heterocycles. The normalized spacial score (nSPS) is 12.3. The Balaban J connectivity index is 1.72. The first-order valence-electron chi connectivity index (χ1n) is 10.8. The van der Waals surface area contributed by atoms with Crippen LogP contribution in [0.2, 0.25) is 0 Å². The van der Waals surface area contributed by atoms with Gasteiger partial charge in [0.05, 0.1) is 41.8 Å². The highest BCUT2D eigenvalue weighted by molar-refractivity contribution is 7.90. The van der Waals surface area contributed by atoms with Crippen molar-refractivity contribution in [2.45, 2.75) is 4.90 Å². The summed E-state index contributed by atoms with van der Waals surface area (Å²) in [5.74, 6) is 2.42. The maximum absolute atomic E-state index is 12.0. The van der Waals surface area contributed by atoms with E-state index in [4.69, 9.17) is 23.6 Å². The first-order valence-corrected chi connectivity index (χ1v) is 13.5. The third-order valence-corrected chi connectivity index (χ3v) is 7.63. The number of sulfone groups is 1. The summed E-state index contributed by atoms with van der Waals surface area (Å²) in [5.41, 5.74) is 2.07. The SMILES string of the molecule is COc1ccc2oc(-c3ccc(OC)c(OC)c3)c/c(=N\c3nc4ccc(S(C)(=O)=O)cc4s3)c2c1. The number of hydrogen-bond acceptors (Lipinski definition) is 9. The van der Waals surface area contributed by atoms with Crippen LogP contribution in [0.15, 0.2) is 75.0 Å². The highest BCUT2D eigenvalue weighted by Gasteiger charge is 2.13. The molecule has 0 aliphatic rings. The van der Waals surface area contributed by atoms with Gasteiger partial charge >= 0.3 is 0 Å². The van der Waals surface area contributed by atoms with Gasteiger partial charge in [0.2, 0.25) is 5.13 Å². The lowest BCUT2D eigenvalue weighted by Gasteiger charge is -2.10. The molecule has 0 radical (unpaired) electrons. The molecule has 0 atom stereocenters. The van der Waals surface area contributed by atoms with E-state index in [1.165, 1.54) is 17.6 Å². The Morgan fingerprint density at radius 1 is 0.889 bits per heavy atom. The first kappa shape index (κ1) is 23.8. The van der Waals surface area contributed by atoms with Crippen LogP contribution >= 0.6 is 11.3 Å². The van der Waals surface area contributed by atoms with E-state index in [2.05, 4.69) is 4.98 Å². The topological polar surface area (TPSA) is 100 Å². The molecule has 0 saturated carbocycles. The van der Waals surface area contributed by atoms with Crippen molar-refractivity contribution >= 4 is 47.5 Å². The predicted molar refractivity (Wildman–Crippen MR) is 139 cm³/mol. The van der Waals surface area contributed by atoms with Crippen LogP contribution in [0.25, 0.3) is 32.5 Å². The number of hydrogen-bond donors (Lipinski definition) is 0. The van der Waals surface area contributed by atoms with Crippen LogP contribution in [-0.2, 0) is 9.84 Å². The van der Waals surface area contributed by atoms with Gasteiger partial charge in [-0.3, -0.25) is 0 Å². The van der Waals surface area contributed by atoms with Crippen LogP contribution in [0.1, 0.15) is 0 Å². The molecule has 184 valence electrons. The molecule has 0 unspecified atom stereocenters. The molecule has 8 nitrogen and oxygen atoms in total. The smallest absolute Gasteiger partial charge is 0.210 e. The molecule has 0 saturated heterocycles. The van der Waals surface area contributed by atoms with Gasteiger partial charge in [0.15, 0.2) is 21.3 Å². The van der Waals surface area contributed by atoms with E-state index in [-0.39, 0.29) is 4.90 Å². The van der Waals surface area contributed by atoms with Gasteiger partial charge in [0, 0.05) is 23.3 Å². The van der Waals surface area contributed by atoms with Gasteiger partial charge in [-0.2, -0.15) is 0 Å². The first-order chi connectivity index (χ1) is 17.3.